The monoisotopic (exact) mass is 393 g/mol. The molecule has 5 nitrogen and oxygen atoms in total. The molecule has 1 amide bonds. The lowest BCUT2D eigenvalue weighted by Gasteiger charge is -2.23. The molecule has 1 aromatic heterocycles. The lowest BCUT2D eigenvalue weighted by atomic mass is 10.1. The lowest BCUT2D eigenvalue weighted by Crippen LogP contribution is -2.30. The van der Waals surface area contributed by atoms with E-state index in [0.717, 1.165) is 16.2 Å². The van der Waals surface area contributed by atoms with Crippen LogP contribution in [0.3, 0.4) is 0 Å². The van der Waals surface area contributed by atoms with Crippen LogP contribution in [0.1, 0.15) is 17.2 Å². The number of carbonyl (C=O) groups excluding carboxylic acids is 1. The third kappa shape index (κ3) is 4.27. The minimum atomic E-state index is -3.68. The molecule has 0 aliphatic heterocycles. The van der Waals surface area contributed by atoms with Crippen molar-refractivity contribution >= 4 is 37.7 Å². The van der Waals surface area contributed by atoms with Crippen molar-refractivity contribution < 1.29 is 22.8 Å². The third-order valence-corrected chi connectivity index (χ3v) is 6.47. The Morgan fingerprint density at radius 3 is 2.73 bits per heavy atom. The fourth-order valence-electron chi connectivity index (χ4n) is 2.77. The summed E-state index contributed by atoms with van der Waals surface area (Å²) in [6.45, 7) is 0. The average Bonchev–Trinajstić information content (AvgIpc) is 3.06. The molecule has 0 bridgehead atoms. The molecule has 3 aromatic rings. The highest BCUT2D eigenvalue weighted by atomic mass is 32.2. The number of fused-ring (bicyclic) bond motifs is 1. The molecule has 1 N–H and O–H groups in total. The molecule has 0 radical (unpaired) electrons. The Morgan fingerprint density at radius 2 is 2.00 bits per heavy atom. The fraction of sp³-hybridized carbons (Fsp3) is 0.167. The zero-order valence-electron chi connectivity index (χ0n) is 13.6. The van der Waals surface area contributed by atoms with E-state index in [1.807, 2.05) is 17.5 Å². The summed E-state index contributed by atoms with van der Waals surface area (Å²) in [6, 6.07) is 11.3. The normalized spacial score (nSPS) is 12.8. The molecule has 136 valence electrons. The van der Waals surface area contributed by atoms with Crippen LogP contribution in [0, 0.1) is 5.82 Å². The smallest absolute Gasteiger partial charge is 0.233 e. The van der Waals surface area contributed by atoms with Crippen LogP contribution in [0.5, 0.6) is 0 Å². The first kappa shape index (κ1) is 18.5. The van der Waals surface area contributed by atoms with Gasteiger partial charge in [-0.25, -0.2) is 17.9 Å². The van der Waals surface area contributed by atoms with E-state index in [-0.39, 0.29) is 22.8 Å². The van der Waals surface area contributed by atoms with Gasteiger partial charge in [-0.2, -0.15) is 0 Å². The van der Waals surface area contributed by atoms with Crippen LogP contribution >= 0.6 is 11.3 Å². The summed E-state index contributed by atoms with van der Waals surface area (Å²) in [7, 11) is -3.68. The van der Waals surface area contributed by atoms with E-state index in [2.05, 4.69) is 0 Å². The molecule has 0 aliphatic rings. The molecule has 2 aromatic carbocycles. The number of amides is 1. The topological polar surface area (TPSA) is 74.7 Å². The zero-order chi connectivity index (χ0) is 18.7. The Hall–Kier alpha value is -2.29. The van der Waals surface area contributed by atoms with Crippen molar-refractivity contribution in [3.63, 3.8) is 0 Å². The molecule has 0 saturated heterocycles. The number of nitrogens with zero attached hydrogens (tertiary/aromatic N) is 1. The van der Waals surface area contributed by atoms with Gasteiger partial charge >= 0.3 is 0 Å². The van der Waals surface area contributed by atoms with Crippen molar-refractivity contribution in [2.45, 2.75) is 11.8 Å². The van der Waals surface area contributed by atoms with Gasteiger partial charge in [-0.15, -0.1) is 11.3 Å². The quantitative estimate of drug-likeness (QED) is 0.378. The first-order chi connectivity index (χ1) is 12.4. The number of benzene rings is 2. The largest absolute Gasteiger partial charge is 0.285 e. The minimum absolute atomic E-state index is 0.114. The van der Waals surface area contributed by atoms with E-state index < -0.39 is 27.4 Å². The molecule has 0 aliphatic carbocycles. The van der Waals surface area contributed by atoms with Gasteiger partial charge in [0.2, 0.25) is 6.41 Å². The number of sulfone groups is 1. The predicted molar refractivity (Wildman–Crippen MR) is 98.1 cm³/mol. The summed E-state index contributed by atoms with van der Waals surface area (Å²) in [5.74, 6) is -1.34. The van der Waals surface area contributed by atoms with Crippen LogP contribution in [0.2, 0.25) is 0 Å². The van der Waals surface area contributed by atoms with E-state index >= 15 is 0 Å². The maximum absolute atomic E-state index is 13.5. The molecule has 0 spiro atoms. The summed E-state index contributed by atoms with van der Waals surface area (Å²) in [5.41, 5.74) is 0.820. The molecule has 0 fully saturated rings. The van der Waals surface area contributed by atoms with Gasteiger partial charge in [-0.05, 0) is 52.2 Å². The molecule has 0 unspecified atom stereocenters. The van der Waals surface area contributed by atoms with Gasteiger partial charge in [0.1, 0.15) is 5.82 Å². The Kier molecular flexibility index (Phi) is 5.36. The standard InChI is InChI=1S/C18H16FNO4S2/c19-16-3-1-2-14(9-16)17(20(22)12-21)11-26(23,24)10-13-4-5-18-15(8-13)6-7-25-18/h1-9,12,17,22H,10-11H2/t17-/m1/s1. The molecule has 26 heavy (non-hydrogen) atoms. The van der Waals surface area contributed by atoms with Crippen LogP contribution in [0.15, 0.2) is 53.9 Å². The maximum atomic E-state index is 13.5. The number of carbonyl (C=O) groups is 1. The number of hydrogen-bond donors (Lipinski definition) is 1. The molecule has 1 heterocycles. The summed E-state index contributed by atoms with van der Waals surface area (Å²) in [5, 5.41) is 12.9. The highest BCUT2D eigenvalue weighted by molar-refractivity contribution is 7.90. The molecule has 3 rings (SSSR count). The van der Waals surface area contributed by atoms with Gasteiger partial charge in [-0.1, -0.05) is 18.2 Å². The van der Waals surface area contributed by atoms with Crippen LogP contribution in [-0.2, 0) is 20.4 Å². The second-order valence-corrected chi connectivity index (χ2v) is 8.96. The van der Waals surface area contributed by atoms with Gasteiger partial charge in [-0.3, -0.25) is 10.0 Å². The van der Waals surface area contributed by atoms with Crippen molar-refractivity contribution in [2.24, 2.45) is 0 Å². The summed E-state index contributed by atoms with van der Waals surface area (Å²) >= 11 is 1.57. The highest BCUT2D eigenvalue weighted by Crippen LogP contribution is 2.25. The molecule has 8 heteroatoms. The Morgan fingerprint density at radius 1 is 1.19 bits per heavy atom. The second-order valence-electron chi connectivity index (χ2n) is 5.90. The van der Waals surface area contributed by atoms with Gasteiger partial charge in [0.15, 0.2) is 9.84 Å². The van der Waals surface area contributed by atoms with E-state index in [0.29, 0.717) is 5.56 Å². The average molecular weight is 393 g/mol. The Labute approximate surface area is 154 Å². The molecular formula is C18H16FNO4S2. The van der Waals surface area contributed by atoms with Crippen molar-refractivity contribution in [1.82, 2.24) is 5.06 Å². The van der Waals surface area contributed by atoms with Crippen molar-refractivity contribution in [1.29, 1.82) is 0 Å². The van der Waals surface area contributed by atoms with Gasteiger partial charge in [0.25, 0.3) is 0 Å². The first-order valence-electron chi connectivity index (χ1n) is 7.72. The number of hydrogen-bond acceptors (Lipinski definition) is 5. The Balaban J connectivity index is 1.85. The van der Waals surface area contributed by atoms with Gasteiger partial charge in [0, 0.05) is 4.70 Å². The molecular weight excluding hydrogens is 377 g/mol. The lowest BCUT2D eigenvalue weighted by molar-refractivity contribution is -0.158. The maximum Gasteiger partial charge on any atom is 0.233 e. The van der Waals surface area contributed by atoms with E-state index in [4.69, 9.17) is 0 Å². The van der Waals surface area contributed by atoms with Gasteiger partial charge in [0.05, 0.1) is 17.5 Å². The minimum Gasteiger partial charge on any atom is -0.285 e. The molecule has 1 atom stereocenters. The van der Waals surface area contributed by atoms with Gasteiger partial charge < -0.3 is 0 Å². The van der Waals surface area contributed by atoms with Crippen LogP contribution in [0.4, 0.5) is 4.39 Å². The van der Waals surface area contributed by atoms with Crippen molar-refractivity contribution in [3.05, 3.63) is 70.9 Å². The SMILES string of the molecule is O=CN(O)[C@H](CS(=O)(=O)Cc1ccc2sccc2c1)c1cccc(F)c1. The number of hydroxylamine groups is 2. The number of rotatable bonds is 7. The fourth-order valence-corrected chi connectivity index (χ4v) is 5.17. The first-order valence-corrected chi connectivity index (χ1v) is 10.4. The second kappa shape index (κ2) is 7.53. The summed E-state index contributed by atoms with van der Waals surface area (Å²) < 4.78 is 39.8. The third-order valence-electron chi connectivity index (χ3n) is 3.98. The van der Waals surface area contributed by atoms with E-state index in [9.17, 15) is 22.8 Å². The molecule has 0 saturated carbocycles. The summed E-state index contributed by atoms with van der Waals surface area (Å²) in [4.78, 5) is 11.0. The predicted octanol–water partition coefficient (Wildman–Crippen LogP) is 3.54. The zero-order valence-corrected chi connectivity index (χ0v) is 15.2. The van der Waals surface area contributed by atoms with Crippen LogP contribution in [0.25, 0.3) is 10.1 Å². The number of thiophene rings is 1. The van der Waals surface area contributed by atoms with Crippen molar-refractivity contribution in [3.8, 4) is 0 Å². The Bertz CT molecular complexity index is 1030. The van der Waals surface area contributed by atoms with Crippen LogP contribution < -0.4 is 0 Å². The highest BCUT2D eigenvalue weighted by Gasteiger charge is 2.26. The van der Waals surface area contributed by atoms with Crippen molar-refractivity contribution in [2.75, 3.05) is 5.75 Å². The summed E-state index contributed by atoms with van der Waals surface area (Å²) in [6.07, 6.45) is 0.114. The van der Waals surface area contributed by atoms with E-state index in [1.165, 1.54) is 18.2 Å². The number of halogens is 1. The van der Waals surface area contributed by atoms with Crippen LogP contribution in [-0.4, -0.2) is 30.9 Å². The van der Waals surface area contributed by atoms with E-state index in [1.54, 1.807) is 23.5 Å².